The first-order chi connectivity index (χ1) is 9.56. The van der Waals surface area contributed by atoms with Crippen LogP contribution in [0.2, 0.25) is 0 Å². The van der Waals surface area contributed by atoms with E-state index < -0.39 is 0 Å². The van der Waals surface area contributed by atoms with Crippen LogP contribution in [0.1, 0.15) is 5.56 Å². The highest BCUT2D eigenvalue weighted by molar-refractivity contribution is 9.10. The van der Waals surface area contributed by atoms with Crippen LogP contribution in [0.4, 0.5) is 10.1 Å². The average Bonchev–Trinajstić information content (AvgIpc) is 2.41. The lowest BCUT2D eigenvalue weighted by molar-refractivity contribution is 0.486. The zero-order valence-corrected chi connectivity index (χ0v) is 13.3. The Morgan fingerprint density at radius 3 is 2.70 bits per heavy atom. The van der Waals surface area contributed by atoms with Crippen molar-refractivity contribution < 1.29 is 4.39 Å². The van der Waals surface area contributed by atoms with Gasteiger partial charge in [-0.2, -0.15) is 0 Å². The number of rotatable bonds is 3. The fourth-order valence-corrected chi connectivity index (χ4v) is 2.32. The summed E-state index contributed by atoms with van der Waals surface area (Å²) in [5.41, 5.74) is 1.51. The van der Waals surface area contributed by atoms with Gasteiger partial charge in [-0.1, -0.05) is 40.2 Å². The number of anilines is 1. The molecule has 5 heteroatoms. The highest BCUT2D eigenvalue weighted by Crippen LogP contribution is 2.16. The van der Waals surface area contributed by atoms with Crippen molar-refractivity contribution in [3.63, 3.8) is 0 Å². The molecule has 0 unspecified atom stereocenters. The fourth-order valence-electron chi connectivity index (χ4n) is 1.74. The molecule has 0 spiro atoms. The van der Waals surface area contributed by atoms with Crippen LogP contribution in [0.15, 0.2) is 53.0 Å². The van der Waals surface area contributed by atoms with Gasteiger partial charge in [-0.3, -0.25) is 0 Å². The first kappa shape index (κ1) is 14.9. The highest BCUT2D eigenvalue weighted by atomic mass is 79.9. The van der Waals surface area contributed by atoms with Crippen molar-refractivity contribution in [1.82, 2.24) is 4.90 Å². The predicted octanol–water partition coefficient (Wildman–Crippen LogP) is 4.42. The molecule has 0 bridgehead atoms. The Hall–Kier alpha value is -1.46. The Morgan fingerprint density at radius 1 is 1.25 bits per heavy atom. The van der Waals surface area contributed by atoms with Crippen LogP contribution in [-0.2, 0) is 6.54 Å². The average molecular weight is 353 g/mol. The summed E-state index contributed by atoms with van der Waals surface area (Å²) in [6.07, 6.45) is 0. The number of nitrogens with one attached hydrogen (secondary N) is 1. The van der Waals surface area contributed by atoms with Gasteiger partial charge in [0, 0.05) is 29.3 Å². The van der Waals surface area contributed by atoms with Crippen LogP contribution in [-0.4, -0.2) is 17.1 Å². The summed E-state index contributed by atoms with van der Waals surface area (Å²) in [5.74, 6) is -0.218. The number of hydrogen-bond acceptors (Lipinski definition) is 1. The van der Waals surface area contributed by atoms with E-state index in [0.29, 0.717) is 17.2 Å². The third-order valence-electron chi connectivity index (χ3n) is 2.79. The molecule has 0 aliphatic heterocycles. The summed E-state index contributed by atoms with van der Waals surface area (Å²) < 4.78 is 14.6. The Labute approximate surface area is 131 Å². The monoisotopic (exact) mass is 352 g/mol. The molecule has 104 valence electrons. The molecule has 0 amide bonds. The van der Waals surface area contributed by atoms with Gasteiger partial charge < -0.3 is 10.2 Å². The van der Waals surface area contributed by atoms with Crippen LogP contribution >= 0.6 is 28.1 Å². The summed E-state index contributed by atoms with van der Waals surface area (Å²) in [6, 6.07) is 14.4. The van der Waals surface area contributed by atoms with Crippen LogP contribution in [0.5, 0.6) is 0 Å². The smallest absolute Gasteiger partial charge is 0.173 e. The third kappa shape index (κ3) is 4.02. The Kier molecular flexibility index (Phi) is 5.09. The molecule has 0 heterocycles. The molecule has 2 aromatic carbocycles. The lowest BCUT2D eigenvalue weighted by atomic mass is 10.2. The van der Waals surface area contributed by atoms with Gasteiger partial charge in [-0.05, 0) is 36.5 Å². The second-order valence-electron chi connectivity index (χ2n) is 4.39. The molecular weight excluding hydrogens is 339 g/mol. The van der Waals surface area contributed by atoms with Crippen molar-refractivity contribution in [2.45, 2.75) is 6.54 Å². The Balaban J connectivity index is 2.01. The standard InChI is InChI=1S/C15H14BrFN2S/c1-19(10-11-5-2-3-8-14(11)17)15(20)18-13-7-4-6-12(16)9-13/h2-9H,10H2,1H3,(H,18,20). The molecule has 0 fully saturated rings. The second kappa shape index (κ2) is 6.81. The van der Waals surface area contributed by atoms with Crippen LogP contribution in [0, 0.1) is 5.82 Å². The van der Waals surface area contributed by atoms with E-state index in [0.717, 1.165) is 10.2 Å². The highest BCUT2D eigenvalue weighted by Gasteiger charge is 2.08. The lowest BCUT2D eigenvalue weighted by Gasteiger charge is -2.21. The third-order valence-corrected chi connectivity index (χ3v) is 3.69. The van der Waals surface area contributed by atoms with Crippen molar-refractivity contribution in [2.24, 2.45) is 0 Å². The first-order valence-electron chi connectivity index (χ1n) is 6.07. The Bertz CT molecular complexity index is 618. The summed E-state index contributed by atoms with van der Waals surface area (Å²) in [6.45, 7) is 0.423. The van der Waals surface area contributed by atoms with Gasteiger partial charge in [-0.15, -0.1) is 0 Å². The number of halogens is 2. The second-order valence-corrected chi connectivity index (χ2v) is 5.69. The van der Waals surface area contributed by atoms with E-state index in [-0.39, 0.29) is 5.82 Å². The lowest BCUT2D eigenvalue weighted by Crippen LogP contribution is -2.30. The van der Waals surface area contributed by atoms with Gasteiger partial charge in [0.25, 0.3) is 0 Å². The quantitative estimate of drug-likeness (QED) is 0.823. The van der Waals surface area contributed by atoms with Crippen molar-refractivity contribution in [2.75, 3.05) is 12.4 Å². The fraction of sp³-hybridized carbons (Fsp3) is 0.133. The van der Waals surface area contributed by atoms with E-state index in [1.165, 1.54) is 6.07 Å². The zero-order chi connectivity index (χ0) is 14.5. The molecule has 2 nitrogen and oxygen atoms in total. The molecule has 2 aromatic rings. The molecule has 0 aliphatic rings. The molecule has 20 heavy (non-hydrogen) atoms. The normalized spacial score (nSPS) is 10.2. The van der Waals surface area contributed by atoms with Crippen molar-refractivity contribution in [1.29, 1.82) is 0 Å². The molecule has 0 saturated carbocycles. The van der Waals surface area contributed by atoms with E-state index in [2.05, 4.69) is 21.2 Å². The molecule has 0 aliphatic carbocycles. The minimum absolute atomic E-state index is 0.218. The van der Waals surface area contributed by atoms with Gasteiger partial charge in [0.15, 0.2) is 5.11 Å². The zero-order valence-electron chi connectivity index (χ0n) is 10.9. The summed E-state index contributed by atoms with van der Waals surface area (Å²) in [4.78, 5) is 1.80. The summed E-state index contributed by atoms with van der Waals surface area (Å²) in [5, 5.41) is 3.67. The molecule has 2 rings (SSSR count). The van der Waals surface area contributed by atoms with Gasteiger partial charge in [0.2, 0.25) is 0 Å². The number of thiocarbonyl (C=S) groups is 1. The van der Waals surface area contributed by atoms with Gasteiger partial charge in [0.05, 0.1) is 0 Å². The predicted molar refractivity (Wildman–Crippen MR) is 88.2 cm³/mol. The van der Waals surface area contributed by atoms with Crippen molar-refractivity contribution >= 4 is 38.9 Å². The van der Waals surface area contributed by atoms with Crippen LogP contribution in [0.3, 0.4) is 0 Å². The topological polar surface area (TPSA) is 15.3 Å². The van der Waals surface area contributed by atoms with Gasteiger partial charge in [0.1, 0.15) is 5.82 Å². The maximum atomic E-state index is 13.6. The molecule has 0 aromatic heterocycles. The van der Waals surface area contributed by atoms with Gasteiger partial charge in [-0.25, -0.2) is 4.39 Å². The van der Waals surface area contributed by atoms with Crippen LogP contribution in [0.25, 0.3) is 0 Å². The number of hydrogen-bond donors (Lipinski definition) is 1. The van der Waals surface area contributed by atoms with Gasteiger partial charge >= 0.3 is 0 Å². The summed E-state index contributed by atoms with van der Waals surface area (Å²) >= 11 is 8.73. The number of benzene rings is 2. The van der Waals surface area contributed by atoms with E-state index in [9.17, 15) is 4.39 Å². The van der Waals surface area contributed by atoms with E-state index >= 15 is 0 Å². The van der Waals surface area contributed by atoms with E-state index in [1.807, 2.05) is 37.4 Å². The minimum atomic E-state index is -0.218. The molecule has 0 saturated heterocycles. The van der Waals surface area contributed by atoms with E-state index in [4.69, 9.17) is 12.2 Å². The van der Waals surface area contributed by atoms with Crippen molar-refractivity contribution in [3.05, 3.63) is 64.4 Å². The number of nitrogens with zero attached hydrogens (tertiary/aromatic N) is 1. The van der Waals surface area contributed by atoms with Crippen molar-refractivity contribution in [3.8, 4) is 0 Å². The molecule has 0 atom stereocenters. The Morgan fingerprint density at radius 2 is 2.00 bits per heavy atom. The molecule has 1 N–H and O–H groups in total. The van der Waals surface area contributed by atoms with E-state index in [1.54, 1.807) is 17.0 Å². The molecule has 0 radical (unpaired) electrons. The SMILES string of the molecule is CN(Cc1ccccc1F)C(=S)Nc1cccc(Br)c1. The first-order valence-corrected chi connectivity index (χ1v) is 7.27. The minimum Gasteiger partial charge on any atom is -0.348 e. The maximum Gasteiger partial charge on any atom is 0.173 e. The summed E-state index contributed by atoms with van der Waals surface area (Å²) in [7, 11) is 1.83. The maximum absolute atomic E-state index is 13.6. The van der Waals surface area contributed by atoms with Crippen LogP contribution < -0.4 is 5.32 Å². The molecular formula is C15H14BrFN2S. The largest absolute Gasteiger partial charge is 0.348 e.